The maximum absolute atomic E-state index is 18.6. The van der Waals surface area contributed by atoms with Crippen molar-refractivity contribution in [1.29, 1.82) is 10.5 Å². The number of hydrogen-bond acceptors (Lipinski definition) is 4. The Kier molecular flexibility index (Phi) is 13.9. The standard InChI is InChI=1S/C56H52B2Br2F4N6O2/c1-3-5-7-9-11-13-31-71-43-23-15-37(16-24-43)53-51-52(56-46(36-66)50-28-20-39-33-41(59)21-29-47(39)67(50)57(61,62)69(53)56)54(38-17-25-44(26-18-38)72-32-14-12-10-8-6-4-2)70-55(51)45(35-65)49-27-19-40-34-42(60)22-30-48(40)68(49)58(70,63)64/h15-30,33-34H,3-14,31-32H2,1-2H3. The summed E-state index contributed by atoms with van der Waals surface area (Å²) in [6.45, 7) is -4.53. The van der Waals surface area contributed by atoms with Crippen molar-refractivity contribution in [2.75, 3.05) is 13.2 Å². The minimum absolute atomic E-state index is 0.000781. The summed E-state index contributed by atoms with van der Waals surface area (Å²) in [5, 5.41) is 23.2. The van der Waals surface area contributed by atoms with E-state index in [-0.39, 0.29) is 77.6 Å². The predicted molar refractivity (Wildman–Crippen MR) is 285 cm³/mol. The number of unbranched alkanes of at least 4 members (excludes halogenated alkanes) is 10. The molecule has 366 valence electrons. The monoisotopic (exact) mass is 1100 g/mol. The Balaban J connectivity index is 1.28. The van der Waals surface area contributed by atoms with Gasteiger partial charge in [0.05, 0.1) is 13.2 Å². The molecule has 0 N–H and O–H groups in total. The van der Waals surface area contributed by atoms with Crippen LogP contribution in [0.1, 0.15) is 102 Å². The van der Waals surface area contributed by atoms with Gasteiger partial charge in [-0.1, -0.05) is 110 Å². The lowest BCUT2D eigenvalue weighted by molar-refractivity contribution is -0.544. The van der Waals surface area contributed by atoms with E-state index in [0.29, 0.717) is 44.4 Å². The first-order valence-corrected chi connectivity index (χ1v) is 26.7. The third kappa shape index (κ3) is 8.48. The highest BCUT2D eigenvalue weighted by Gasteiger charge is 2.56. The van der Waals surface area contributed by atoms with E-state index in [1.54, 1.807) is 97.1 Å². The second-order valence-electron chi connectivity index (χ2n) is 18.9. The van der Waals surface area contributed by atoms with Gasteiger partial charge in [0.2, 0.25) is 0 Å². The maximum atomic E-state index is 18.6. The molecule has 0 saturated carbocycles. The van der Waals surface area contributed by atoms with Gasteiger partial charge in [0.1, 0.15) is 34.8 Å². The number of benzene rings is 4. The summed E-state index contributed by atoms with van der Waals surface area (Å²) in [7, 11) is 0. The molecule has 8 nitrogen and oxygen atoms in total. The maximum Gasteiger partial charge on any atom is 0.738 e. The molecular weight excluding hydrogens is 1050 g/mol. The molecule has 2 aliphatic heterocycles. The van der Waals surface area contributed by atoms with Crippen molar-refractivity contribution in [2.45, 2.75) is 90.9 Å². The zero-order valence-corrected chi connectivity index (χ0v) is 43.4. The average Bonchev–Trinajstić information content (AvgIpc) is 3.91. The Morgan fingerprint density at radius 3 is 1.25 bits per heavy atom. The van der Waals surface area contributed by atoms with Gasteiger partial charge in [-0.05, 0) is 109 Å². The molecular formula is C56H52B2Br2F4N6O2. The van der Waals surface area contributed by atoms with Crippen LogP contribution >= 0.6 is 31.9 Å². The van der Waals surface area contributed by atoms with Crippen molar-refractivity contribution < 1.29 is 35.7 Å². The van der Waals surface area contributed by atoms with Crippen LogP contribution in [0.4, 0.5) is 17.3 Å². The van der Waals surface area contributed by atoms with E-state index in [0.717, 1.165) is 82.1 Å². The Morgan fingerprint density at radius 1 is 0.500 bits per heavy atom. The van der Waals surface area contributed by atoms with Crippen molar-refractivity contribution in [3.8, 4) is 46.2 Å². The predicted octanol–water partition coefficient (Wildman–Crippen LogP) is 13.3. The van der Waals surface area contributed by atoms with Crippen LogP contribution in [0.2, 0.25) is 0 Å². The Morgan fingerprint density at radius 2 is 0.875 bits per heavy atom. The summed E-state index contributed by atoms with van der Waals surface area (Å²) >= 11 is 6.97. The summed E-state index contributed by atoms with van der Waals surface area (Å²) < 4.78 is 91.6. The van der Waals surface area contributed by atoms with Crippen LogP contribution in [0.3, 0.4) is 0 Å². The van der Waals surface area contributed by atoms with Crippen molar-refractivity contribution in [2.24, 2.45) is 0 Å². The lowest BCUT2D eigenvalue weighted by Crippen LogP contribution is -2.71. The van der Waals surface area contributed by atoms with Crippen molar-refractivity contribution in [1.82, 2.24) is 8.96 Å². The molecule has 6 heterocycles. The smallest absolute Gasteiger partial charge is 0.494 e. The lowest BCUT2D eigenvalue weighted by Gasteiger charge is -2.32. The minimum Gasteiger partial charge on any atom is -0.494 e. The Hall–Kier alpha value is -6.35. The molecule has 0 radical (unpaired) electrons. The molecule has 0 bridgehead atoms. The highest BCUT2D eigenvalue weighted by Crippen LogP contribution is 2.41. The topological polar surface area (TPSA) is 83.7 Å². The highest BCUT2D eigenvalue weighted by atomic mass is 79.9. The lowest BCUT2D eigenvalue weighted by atomic mass is 9.86. The number of hydrogen-bond donors (Lipinski definition) is 0. The molecule has 4 aromatic heterocycles. The number of aromatic nitrogens is 4. The second kappa shape index (κ2) is 20.3. The van der Waals surface area contributed by atoms with E-state index in [4.69, 9.17) is 9.47 Å². The minimum atomic E-state index is -4.91. The molecule has 4 aromatic carbocycles. The summed E-state index contributed by atoms with van der Waals surface area (Å²) in [6.07, 6.45) is 12.9. The van der Waals surface area contributed by atoms with Crippen molar-refractivity contribution >= 4 is 89.5 Å². The summed E-state index contributed by atoms with van der Waals surface area (Å²) in [5.74, 6) is 1.04. The first kappa shape index (κ1) is 49.2. The molecule has 0 saturated heterocycles. The van der Waals surface area contributed by atoms with Gasteiger partial charge in [0.15, 0.2) is 22.4 Å². The number of halogens is 6. The summed E-state index contributed by atoms with van der Waals surface area (Å²) in [5.41, 5.74) is 0.229. The van der Waals surface area contributed by atoms with Gasteiger partial charge in [-0.15, -0.1) is 0 Å². The van der Waals surface area contributed by atoms with Gasteiger partial charge in [0.25, 0.3) is 0 Å². The van der Waals surface area contributed by atoms with E-state index in [1.165, 1.54) is 25.0 Å². The van der Waals surface area contributed by atoms with Gasteiger partial charge in [0, 0.05) is 76.8 Å². The van der Waals surface area contributed by atoms with Gasteiger partial charge in [-0.2, -0.15) is 10.5 Å². The first-order valence-electron chi connectivity index (χ1n) is 25.1. The van der Waals surface area contributed by atoms with Gasteiger partial charge >= 0.3 is 13.9 Å². The Bertz CT molecular complexity index is 3400. The summed E-state index contributed by atoms with van der Waals surface area (Å²) in [4.78, 5) is 0. The molecule has 0 amide bonds. The number of fused-ring (bicyclic) bond motifs is 11. The van der Waals surface area contributed by atoms with Crippen molar-refractivity contribution in [3.05, 3.63) is 140 Å². The fraction of sp³-hybridized carbons (Fsp3) is 0.286. The third-order valence-electron chi connectivity index (χ3n) is 14.3. The van der Waals surface area contributed by atoms with Crippen LogP contribution in [0.15, 0.2) is 118 Å². The van der Waals surface area contributed by atoms with Gasteiger partial charge in [-0.3, -0.25) is 0 Å². The largest absolute Gasteiger partial charge is 0.738 e. The number of rotatable bonds is 18. The molecule has 16 heteroatoms. The zero-order chi connectivity index (χ0) is 50.3. The van der Waals surface area contributed by atoms with Crippen LogP contribution in [0, 0.1) is 22.7 Å². The van der Waals surface area contributed by atoms with Gasteiger partial charge in [-0.25, -0.2) is 0 Å². The van der Waals surface area contributed by atoms with Crippen molar-refractivity contribution in [3.63, 3.8) is 0 Å². The number of nitriles is 2. The number of nitrogens with zero attached hydrogens (tertiary/aromatic N) is 6. The van der Waals surface area contributed by atoms with E-state index in [9.17, 15) is 10.5 Å². The van der Waals surface area contributed by atoms with E-state index in [1.807, 2.05) is 0 Å². The van der Waals surface area contributed by atoms with E-state index in [2.05, 4.69) is 57.8 Å². The SMILES string of the molecule is CCCCCCCCOc1ccc(-c2c3c4n(c(-c5ccc(OCCCCCCCC)cc5)c3c3n2[B-](F)(F)[n+]2c(ccc5cc(Br)ccc52)C=3C#N)[B-](F)(F)[n+]2c(ccc3cc(Br)ccc32)C=4C#N)cc1. The normalized spacial score (nSPS) is 14.2. The quantitative estimate of drug-likeness (QED) is 0.0487. The Labute approximate surface area is 432 Å². The second-order valence-corrected chi connectivity index (χ2v) is 20.7. The first-order chi connectivity index (χ1) is 34.9. The number of pyridine rings is 2. The zero-order valence-electron chi connectivity index (χ0n) is 40.2. The number of ether oxygens (including phenoxy) is 2. The summed E-state index contributed by atoms with van der Waals surface area (Å²) in [6, 6.07) is 34.3. The van der Waals surface area contributed by atoms with Gasteiger partial charge < -0.3 is 44.6 Å². The fourth-order valence-electron chi connectivity index (χ4n) is 10.9. The fourth-order valence-corrected chi connectivity index (χ4v) is 11.7. The molecule has 2 aliphatic rings. The molecule has 0 fully saturated rings. The van der Waals surface area contributed by atoms with Crippen LogP contribution < -0.4 is 29.1 Å². The highest BCUT2D eigenvalue weighted by molar-refractivity contribution is 9.10. The van der Waals surface area contributed by atoms with E-state index < -0.39 is 13.9 Å². The molecule has 8 aromatic rings. The average molecular weight is 1100 g/mol. The molecule has 72 heavy (non-hydrogen) atoms. The van der Waals surface area contributed by atoms with Crippen LogP contribution in [-0.2, 0) is 0 Å². The third-order valence-corrected chi connectivity index (χ3v) is 15.2. The molecule has 10 rings (SSSR count). The molecule has 0 atom stereocenters. The molecule has 0 spiro atoms. The van der Waals surface area contributed by atoms with Crippen LogP contribution in [-0.4, -0.2) is 36.1 Å². The van der Waals surface area contributed by atoms with Crippen LogP contribution in [0.25, 0.3) is 66.2 Å². The van der Waals surface area contributed by atoms with Crippen LogP contribution in [0.5, 0.6) is 11.5 Å². The van der Waals surface area contributed by atoms with E-state index >= 15 is 17.3 Å². The molecule has 0 aliphatic carbocycles. The molecule has 0 unspecified atom stereocenters.